The molecular formula is C18H18F2N2O5S. The number of halogens is 2. The van der Waals surface area contributed by atoms with Crippen molar-refractivity contribution < 1.29 is 31.5 Å². The van der Waals surface area contributed by atoms with Crippen LogP contribution in [0, 0.1) is 18.6 Å². The first-order valence-corrected chi connectivity index (χ1v) is 9.41. The van der Waals surface area contributed by atoms with Crippen molar-refractivity contribution >= 4 is 27.6 Å². The third-order valence-corrected chi connectivity index (χ3v) is 5.56. The molecule has 0 spiro atoms. The van der Waals surface area contributed by atoms with Crippen LogP contribution in [0.5, 0.6) is 0 Å². The SMILES string of the molecule is Cc1ccc(S(=O)(=O)N(C)C)cc1C(=O)OCC(=O)Nc1ccc(F)c(F)c1. The van der Waals surface area contributed by atoms with Crippen LogP contribution in [-0.2, 0) is 19.6 Å². The van der Waals surface area contributed by atoms with Crippen molar-refractivity contribution in [3.63, 3.8) is 0 Å². The molecule has 0 bridgehead atoms. The standard InChI is InChI=1S/C18H18F2N2O5S/c1-11-4-6-13(28(25,26)22(2)3)9-14(11)18(24)27-10-17(23)21-12-5-7-15(19)16(20)8-12/h4-9H,10H2,1-3H3,(H,21,23). The van der Waals surface area contributed by atoms with Gasteiger partial charge in [0.15, 0.2) is 18.2 Å². The first-order valence-electron chi connectivity index (χ1n) is 7.97. The van der Waals surface area contributed by atoms with Crippen LogP contribution in [0.15, 0.2) is 41.3 Å². The third kappa shape index (κ3) is 4.90. The van der Waals surface area contributed by atoms with Crippen molar-refractivity contribution in [1.82, 2.24) is 4.31 Å². The summed E-state index contributed by atoms with van der Waals surface area (Å²) < 4.78 is 56.3. The molecular weight excluding hydrogens is 394 g/mol. The minimum absolute atomic E-state index is 0.00444. The Morgan fingerprint density at radius 1 is 1.07 bits per heavy atom. The van der Waals surface area contributed by atoms with Gasteiger partial charge in [0.05, 0.1) is 10.5 Å². The molecule has 0 aromatic heterocycles. The van der Waals surface area contributed by atoms with E-state index in [-0.39, 0.29) is 16.1 Å². The molecule has 7 nitrogen and oxygen atoms in total. The molecule has 1 N–H and O–H groups in total. The maximum atomic E-state index is 13.1. The lowest BCUT2D eigenvalue weighted by Crippen LogP contribution is -2.23. The van der Waals surface area contributed by atoms with Gasteiger partial charge in [0, 0.05) is 25.8 Å². The average molecular weight is 412 g/mol. The molecule has 10 heteroatoms. The first-order chi connectivity index (χ1) is 13.0. The van der Waals surface area contributed by atoms with E-state index in [4.69, 9.17) is 4.74 Å². The Kier molecular flexibility index (Phi) is 6.47. The predicted molar refractivity (Wildman–Crippen MR) is 97.3 cm³/mol. The topological polar surface area (TPSA) is 92.8 Å². The number of hydrogen-bond donors (Lipinski definition) is 1. The zero-order valence-electron chi connectivity index (χ0n) is 15.3. The molecule has 2 rings (SSSR count). The number of esters is 1. The van der Waals surface area contributed by atoms with Crippen LogP contribution in [0.25, 0.3) is 0 Å². The van der Waals surface area contributed by atoms with Gasteiger partial charge in [0.25, 0.3) is 5.91 Å². The largest absolute Gasteiger partial charge is 0.452 e. The Balaban J connectivity index is 2.08. The summed E-state index contributed by atoms with van der Waals surface area (Å²) in [6.07, 6.45) is 0. The number of sulfonamides is 1. The Morgan fingerprint density at radius 2 is 1.75 bits per heavy atom. The molecule has 0 fully saturated rings. The monoisotopic (exact) mass is 412 g/mol. The fourth-order valence-electron chi connectivity index (χ4n) is 2.17. The summed E-state index contributed by atoms with van der Waals surface area (Å²) in [4.78, 5) is 24.0. The van der Waals surface area contributed by atoms with Crippen molar-refractivity contribution in [2.45, 2.75) is 11.8 Å². The molecule has 0 saturated carbocycles. The van der Waals surface area contributed by atoms with Gasteiger partial charge >= 0.3 is 5.97 Å². The minimum Gasteiger partial charge on any atom is -0.452 e. The maximum absolute atomic E-state index is 13.1. The molecule has 0 saturated heterocycles. The normalized spacial score (nSPS) is 11.4. The van der Waals surface area contributed by atoms with Crippen LogP contribution < -0.4 is 5.32 Å². The van der Waals surface area contributed by atoms with Crippen molar-refractivity contribution in [3.05, 3.63) is 59.2 Å². The van der Waals surface area contributed by atoms with Crippen LogP contribution >= 0.6 is 0 Å². The molecule has 150 valence electrons. The first kappa shape index (κ1) is 21.5. The summed E-state index contributed by atoms with van der Waals surface area (Å²) in [5.41, 5.74) is 0.447. The number of anilines is 1. The van der Waals surface area contributed by atoms with E-state index >= 15 is 0 Å². The minimum atomic E-state index is -3.75. The number of nitrogens with one attached hydrogen (secondary N) is 1. The number of ether oxygens (including phenoxy) is 1. The van der Waals surface area contributed by atoms with Gasteiger partial charge in [-0.25, -0.2) is 26.3 Å². The molecule has 0 radical (unpaired) electrons. The number of amides is 1. The summed E-state index contributed by atoms with van der Waals surface area (Å²) in [5.74, 6) is -3.86. The lowest BCUT2D eigenvalue weighted by molar-refractivity contribution is -0.119. The Bertz CT molecular complexity index is 1020. The molecule has 0 atom stereocenters. The van der Waals surface area contributed by atoms with Crippen LogP contribution in [0.2, 0.25) is 0 Å². The fourth-order valence-corrected chi connectivity index (χ4v) is 3.10. The van der Waals surface area contributed by atoms with Gasteiger partial charge in [-0.1, -0.05) is 6.07 Å². The van der Waals surface area contributed by atoms with Crippen molar-refractivity contribution in [1.29, 1.82) is 0 Å². The zero-order chi connectivity index (χ0) is 21.1. The second kappa shape index (κ2) is 8.44. The molecule has 0 heterocycles. The Labute approximate surface area is 161 Å². The molecule has 2 aromatic carbocycles. The lowest BCUT2D eigenvalue weighted by atomic mass is 10.1. The van der Waals surface area contributed by atoms with E-state index < -0.39 is 40.1 Å². The van der Waals surface area contributed by atoms with Crippen molar-refractivity contribution in [2.75, 3.05) is 26.0 Å². The lowest BCUT2D eigenvalue weighted by Gasteiger charge is -2.13. The molecule has 28 heavy (non-hydrogen) atoms. The van der Waals surface area contributed by atoms with Crippen molar-refractivity contribution in [3.8, 4) is 0 Å². The second-order valence-electron chi connectivity index (χ2n) is 6.02. The molecule has 0 aliphatic carbocycles. The number of nitrogens with zero attached hydrogens (tertiary/aromatic N) is 1. The van der Waals surface area contributed by atoms with Gasteiger partial charge in [0.1, 0.15) is 0 Å². The number of hydrogen-bond acceptors (Lipinski definition) is 5. The molecule has 0 unspecified atom stereocenters. The number of carbonyl (C=O) groups excluding carboxylic acids is 2. The average Bonchev–Trinajstić information content (AvgIpc) is 2.63. The van der Waals surface area contributed by atoms with Crippen LogP contribution in [0.4, 0.5) is 14.5 Å². The molecule has 0 aliphatic heterocycles. The molecule has 2 aromatic rings. The number of aryl methyl sites for hydroxylation is 1. The smallest absolute Gasteiger partial charge is 0.338 e. The third-order valence-electron chi connectivity index (χ3n) is 3.75. The Morgan fingerprint density at radius 3 is 2.36 bits per heavy atom. The van der Waals surface area contributed by atoms with E-state index in [0.717, 1.165) is 22.5 Å². The Hall–Kier alpha value is -2.85. The highest BCUT2D eigenvalue weighted by molar-refractivity contribution is 7.89. The van der Waals surface area contributed by atoms with Crippen LogP contribution in [0.3, 0.4) is 0 Å². The van der Waals surface area contributed by atoms with E-state index in [1.54, 1.807) is 6.92 Å². The summed E-state index contributed by atoms with van der Waals surface area (Å²) in [7, 11) is -1.04. The van der Waals surface area contributed by atoms with E-state index in [1.165, 1.54) is 32.3 Å². The van der Waals surface area contributed by atoms with Gasteiger partial charge < -0.3 is 10.1 Å². The van der Waals surface area contributed by atoms with Gasteiger partial charge in [-0.2, -0.15) is 0 Å². The number of benzene rings is 2. The highest BCUT2D eigenvalue weighted by Crippen LogP contribution is 2.19. The molecule has 1 amide bonds. The van der Waals surface area contributed by atoms with Crippen molar-refractivity contribution in [2.24, 2.45) is 0 Å². The van der Waals surface area contributed by atoms with Gasteiger partial charge in [0.2, 0.25) is 10.0 Å². The summed E-state index contributed by atoms with van der Waals surface area (Å²) in [5, 5.41) is 2.26. The van der Waals surface area contributed by atoms with Crippen LogP contribution in [0.1, 0.15) is 15.9 Å². The summed E-state index contributed by atoms with van der Waals surface area (Å²) >= 11 is 0. The number of rotatable bonds is 6. The molecule has 0 aliphatic rings. The summed E-state index contributed by atoms with van der Waals surface area (Å²) in [6, 6.07) is 6.76. The quantitative estimate of drug-likeness (QED) is 0.735. The maximum Gasteiger partial charge on any atom is 0.338 e. The fraction of sp³-hybridized carbons (Fsp3) is 0.222. The van der Waals surface area contributed by atoms with E-state index in [1.807, 2.05) is 0 Å². The second-order valence-corrected chi connectivity index (χ2v) is 8.17. The summed E-state index contributed by atoms with van der Waals surface area (Å²) in [6.45, 7) is 0.895. The zero-order valence-corrected chi connectivity index (χ0v) is 16.1. The highest BCUT2D eigenvalue weighted by atomic mass is 32.2. The van der Waals surface area contributed by atoms with Gasteiger partial charge in [-0.3, -0.25) is 4.79 Å². The van der Waals surface area contributed by atoms with E-state index in [9.17, 15) is 26.8 Å². The van der Waals surface area contributed by atoms with E-state index in [0.29, 0.717) is 5.56 Å². The highest BCUT2D eigenvalue weighted by Gasteiger charge is 2.21. The predicted octanol–water partition coefficient (Wildman–Crippen LogP) is 2.32. The number of carbonyl (C=O) groups is 2. The van der Waals surface area contributed by atoms with Crippen LogP contribution in [-0.4, -0.2) is 45.3 Å². The van der Waals surface area contributed by atoms with E-state index in [2.05, 4.69) is 5.32 Å². The van der Waals surface area contributed by atoms with Gasteiger partial charge in [-0.15, -0.1) is 0 Å². The van der Waals surface area contributed by atoms with Gasteiger partial charge in [-0.05, 0) is 36.8 Å².